The Hall–Kier alpha value is -1.94. The second-order valence-electron chi connectivity index (χ2n) is 3.79. The molecule has 0 fully saturated rings. The second-order valence-corrected chi connectivity index (χ2v) is 4.18. The van der Waals surface area contributed by atoms with Crippen molar-refractivity contribution in [3.05, 3.63) is 41.3 Å². The number of fused-ring (bicyclic) bond motifs is 3. The summed E-state index contributed by atoms with van der Waals surface area (Å²) in [5, 5.41) is 3.16. The molecule has 0 aromatic carbocycles. The van der Waals surface area contributed by atoms with Gasteiger partial charge in [0.1, 0.15) is 5.15 Å². The predicted molar refractivity (Wildman–Crippen MR) is 64.8 cm³/mol. The normalized spacial score (nSPS) is 13.4. The zero-order valence-electron chi connectivity index (χ0n) is 8.77. The molecule has 2 aromatic heterocycles. The fourth-order valence-corrected chi connectivity index (χ4v) is 2.07. The summed E-state index contributed by atoms with van der Waals surface area (Å²) in [6.45, 7) is 0. The topological polar surface area (TPSA) is 54.9 Å². The summed E-state index contributed by atoms with van der Waals surface area (Å²) >= 11 is 5.82. The first-order valence-electron chi connectivity index (χ1n) is 5.14. The van der Waals surface area contributed by atoms with Crippen molar-refractivity contribution in [3.63, 3.8) is 0 Å². The lowest BCUT2D eigenvalue weighted by Crippen LogP contribution is -2.12. The number of nitrogens with one attached hydrogen (secondary N) is 1. The van der Waals surface area contributed by atoms with Gasteiger partial charge in [0.2, 0.25) is 5.91 Å². The monoisotopic (exact) mass is 245 g/mol. The maximum atomic E-state index is 11.7. The summed E-state index contributed by atoms with van der Waals surface area (Å²) in [7, 11) is 0. The molecule has 4 nitrogen and oxygen atoms in total. The van der Waals surface area contributed by atoms with Crippen molar-refractivity contribution in [2.75, 3.05) is 5.32 Å². The Bertz CT molecular complexity index is 612. The number of hydrogen-bond acceptors (Lipinski definition) is 3. The van der Waals surface area contributed by atoms with Crippen LogP contribution in [0.4, 0.5) is 5.69 Å². The summed E-state index contributed by atoms with van der Waals surface area (Å²) in [4.78, 5) is 20.1. The van der Waals surface area contributed by atoms with Crippen molar-refractivity contribution >= 4 is 23.2 Å². The van der Waals surface area contributed by atoms with Gasteiger partial charge in [-0.25, -0.2) is 4.98 Å². The van der Waals surface area contributed by atoms with Crippen molar-refractivity contribution in [2.24, 2.45) is 0 Å². The third kappa shape index (κ3) is 1.76. The highest BCUT2D eigenvalue weighted by Gasteiger charge is 2.19. The Morgan fingerprint density at radius 2 is 2.24 bits per heavy atom. The Balaban J connectivity index is 2.29. The van der Waals surface area contributed by atoms with Crippen LogP contribution in [-0.2, 0) is 11.2 Å². The smallest absolute Gasteiger partial charge is 0.228 e. The van der Waals surface area contributed by atoms with Gasteiger partial charge in [-0.15, -0.1) is 0 Å². The van der Waals surface area contributed by atoms with Crippen LogP contribution in [0, 0.1) is 0 Å². The van der Waals surface area contributed by atoms with Gasteiger partial charge in [0.25, 0.3) is 0 Å². The van der Waals surface area contributed by atoms with Crippen LogP contribution in [0.2, 0.25) is 5.15 Å². The number of aromatic nitrogens is 2. The van der Waals surface area contributed by atoms with Gasteiger partial charge in [-0.3, -0.25) is 9.78 Å². The number of hydrogen-bond donors (Lipinski definition) is 1. The first-order valence-corrected chi connectivity index (χ1v) is 5.51. The van der Waals surface area contributed by atoms with E-state index >= 15 is 0 Å². The van der Waals surface area contributed by atoms with E-state index in [1.54, 1.807) is 18.5 Å². The molecule has 84 valence electrons. The molecule has 0 bridgehead atoms. The van der Waals surface area contributed by atoms with Crippen molar-refractivity contribution in [1.82, 2.24) is 9.97 Å². The molecule has 17 heavy (non-hydrogen) atoms. The molecular formula is C12H8ClN3O. The molecule has 0 saturated carbocycles. The predicted octanol–water partition coefficient (Wildman–Crippen LogP) is 2.29. The van der Waals surface area contributed by atoms with Crippen LogP contribution in [0.25, 0.3) is 11.3 Å². The average Bonchev–Trinajstić information content (AvgIpc) is 2.43. The summed E-state index contributed by atoms with van der Waals surface area (Å²) in [5.74, 6) is -0.0692. The maximum absolute atomic E-state index is 11.7. The lowest BCUT2D eigenvalue weighted by molar-refractivity contribution is -0.115. The number of halogens is 1. The molecule has 3 rings (SSSR count). The summed E-state index contributed by atoms with van der Waals surface area (Å²) < 4.78 is 0. The van der Waals surface area contributed by atoms with Crippen LogP contribution in [-0.4, -0.2) is 15.9 Å². The lowest BCUT2D eigenvalue weighted by atomic mass is 10.1. The molecule has 0 radical (unpaired) electrons. The van der Waals surface area contributed by atoms with Gasteiger partial charge in [0.15, 0.2) is 0 Å². The number of pyridine rings is 2. The molecule has 3 heterocycles. The van der Waals surface area contributed by atoms with E-state index < -0.39 is 0 Å². The Morgan fingerprint density at radius 3 is 3.12 bits per heavy atom. The van der Waals surface area contributed by atoms with Crippen LogP contribution in [0.5, 0.6) is 0 Å². The summed E-state index contributed by atoms with van der Waals surface area (Å²) in [6.07, 6.45) is 3.65. The number of nitrogens with zero attached hydrogens (tertiary/aromatic N) is 2. The molecule has 0 atom stereocenters. The standard InChI is InChI=1S/C12H8ClN3O/c13-10-5-9-8(6-15-10)12-7(2-1-3-14-12)4-11(17)16-9/h1-3,5-6H,4H2,(H,16,17). The largest absolute Gasteiger partial charge is 0.325 e. The minimum absolute atomic E-state index is 0.0692. The van der Waals surface area contributed by atoms with Crippen molar-refractivity contribution in [1.29, 1.82) is 0 Å². The number of carbonyl (C=O) groups excluding carboxylic acids is 1. The van der Waals surface area contributed by atoms with E-state index in [1.165, 1.54) is 0 Å². The van der Waals surface area contributed by atoms with Gasteiger partial charge in [0.05, 0.1) is 17.8 Å². The number of anilines is 1. The van der Waals surface area contributed by atoms with E-state index in [0.29, 0.717) is 17.3 Å². The lowest BCUT2D eigenvalue weighted by Gasteiger charge is -2.06. The van der Waals surface area contributed by atoms with Crippen molar-refractivity contribution in [2.45, 2.75) is 6.42 Å². The second kappa shape index (κ2) is 3.82. The Morgan fingerprint density at radius 1 is 1.35 bits per heavy atom. The van der Waals surface area contributed by atoms with E-state index in [-0.39, 0.29) is 5.91 Å². The highest BCUT2D eigenvalue weighted by atomic mass is 35.5. The highest BCUT2D eigenvalue weighted by Crippen LogP contribution is 2.32. The van der Waals surface area contributed by atoms with Crippen LogP contribution in [0.1, 0.15) is 5.56 Å². The SMILES string of the molecule is O=C1Cc2cccnc2-c2cnc(Cl)cc2N1. The zero-order valence-corrected chi connectivity index (χ0v) is 9.53. The van der Waals surface area contributed by atoms with Crippen LogP contribution in [0.15, 0.2) is 30.6 Å². The van der Waals surface area contributed by atoms with Crippen molar-refractivity contribution in [3.8, 4) is 11.3 Å². The highest BCUT2D eigenvalue weighted by molar-refractivity contribution is 6.29. The molecule has 0 saturated heterocycles. The third-order valence-electron chi connectivity index (χ3n) is 2.64. The average molecular weight is 246 g/mol. The molecule has 1 N–H and O–H groups in total. The first-order chi connectivity index (χ1) is 8.24. The minimum atomic E-state index is -0.0692. The van der Waals surface area contributed by atoms with Gasteiger partial charge < -0.3 is 5.32 Å². The Kier molecular flexibility index (Phi) is 2.30. The molecular weight excluding hydrogens is 238 g/mol. The van der Waals surface area contributed by atoms with E-state index in [9.17, 15) is 4.79 Å². The van der Waals surface area contributed by atoms with Gasteiger partial charge in [-0.2, -0.15) is 0 Å². The van der Waals surface area contributed by atoms with Crippen LogP contribution >= 0.6 is 11.6 Å². The first kappa shape index (κ1) is 10.2. The Labute approximate surface area is 103 Å². The maximum Gasteiger partial charge on any atom is 0.228 e. The molecule has 0 spiro atoms. The fraction of sp³-hybridized carbons (Fsp3) is 0.0833. The fourth-order valence-electron chi connectivity index (χ4n) is 1.91. The third-order valence-corrected chi connectivity index (χ3v) is 2.85. The number of amides is 1. The van der Waals surface area contributed by atoms with E-state index in [4.69, 9.17) is 11.6 Å². The van der Waals surface area contributed by atoms with E-state index in [0.717, 1.165) is 16.8 Å². The van der Waals surface area contributed by atoms with Crippen LogP contribution in [0.3, 0.4) is 0 Å². The minimum Gasteiger partial charge on any atom is -0.325 e. The molecule has 2 aromatic rings. The van der Waals surface area contributed by atoms with Crippen LogP contribution < -0.4 is 5.32 Å². The number of carbonyl (C=O) groups is 1. The van der Waals surface area contributed by atoms with Gasteiger partial charge in [0, 0.05) is 18.0 Å². The molecule has 5 heteroatoms. The molecule has 0 unspecified atom stereocenters. The summed E-state index contributed by atoms with van der Waals surface area (Å²) in [6, 6.07) is 5.35. The quantitative estimate of drug-likeness (QED) is 0.725. The van der Waals surface area contributed by atoms with E-state index in [1.807, 2.05) is 12.1 Å². The molecule has 1 amide bonds. The summed E-state index contributed by atoms with van der Waals surface area (Å²) in [5.41, 5.74) is 3.14. The zero-order chi connectivity index (χ0) is 11.8. The molecule has 1 aliphatic heterocycles. The van der Waals surface area contributed by atoms with Gasteiger partial charge in [-0.05, 0) is 17.7 Å². The van der Waals surface area contributed by atoms with Gasteiger partial charge >= 0.3 is 0 Å². The molecule has 0 aliphatic carbocycles. The van der Waals surface area contributed by atoms with E-state index in [2.05, 4.69) is 15.3 Å². The van der Waals surface area contributed by atoms with Crippen molar-refractivity contribution < 1.29 is 4.79 Å². The van der Waals surface area contributed by atoms with Gasteiger partial charge in [-0.1, -0.05) is 17.7 Å². The molecule has 1 aliphatic rings. The number of rotatable bonds is 0.